The molecule has 1 unspecified atom stereocenters. The van der Waals surface area contributed by atoms with Crippen molar-refractivity contribution in [2.24, 2.45) is 0 Å². The van der Waals surface area contributed by atoms with E-state index < -0.39 is 40.2 Å². The monoisotopic (exact) mass is 515 g/mol. The van der Waals surface area contributed by atoms with Crippen LogP contribution in [0.4, 0.5) is 4.39 Å². The molecule has 3 amide bonds. The molecule has 36 heavy (non-hydrogen) atoms. The second-order valence-electron chi connectivity index (χ2n) is 9.23. The van der Waals surface area contributed by atoms with Gasteiger partial charge in [0.25, 0.3) is 15.9 Å². The first-order chi connectivity index (χ1) is 17.2. The molecule has 1 aliphatic heterocycles. The summed E-state index contributed by atoms with van der Waals surface area (Å²) in [5, 5.41) is 3.04. The zero-order valence-electron chi connectivity index (χ0n) is 20.2. The Hall–Kier alpha value is -3.27. The maximum atomic E-state index is 13.6. The van der Waals surface area contributed by atoms with Crippen molar-refractivity contribution in [3.05, 3.63) is 65.5 Å². The van der Waals surface area contributed by atoms with Gasteiger partial charge in [-0.05, 0) is 49.1 Å². The minimum absolute atomic E-state index is 0.0115. The van der Waals surface area contributed by atoms with E-state index in [0.717, 1.165) is 32.1 Å². The molecule has 0 radical (unpaired) electrons. The van der Waals surface area contributed by atoms with Gasteiger partial charge in [0, 0.05) is 12.6 Å². The largest absolute Gasteiger partial charge is 0.352 e. The molecule has 192 valence electrons. The number of fused-ring (bicyclic) bond motifs is 1. The van der Waals surface area contributed by atoms with E-state index in [1.807, 2.05) is 0 Å². The van der Waals surface area contributed by atoms with Crippen LogP contribution in [0.2, 0.25) is 0 Å². The van der Waals surface area contributed by atoms with Crippen molar-refractivity contribution in [2.45, 2.75) is 69.0 Å². The lowest BCUT2D eigenvalue weighted by Crippen LogP contribution is -2.53. The third-order valence-electron chi connectivity index (χ3n) is 6.79. The van der Waals surface area contributed by atoms with Crippen molar-refractivity contribution in [1.82, 2.24) is 14.5 Å². The molecule has 1 N–H and O–H groups in total. The first kappa shape index (κ1) is 25.8. The van der Waals surface area contributed by atoms with E-state index in [0.29, 0.717) is 9.87 Å². The highest BCUT2D eigenvalue weighted by atomic mass is 32.2. The van der Waals surface area contributed by atoms with E-state index in [1.54, 1.807) is 13.0 Å². The van der Waals surface area contributed by atoms with E-state index in [-0.39, 0.29) is 35.4 Å². The van der Waals surface area contributed by atoms with Gasteiger partial charge in [0.1, 0.15) is 23.3 Å². The summed E-state index contributed by atoms with van der Waals surface area (Å²) in [5.41, 5.74) is 0.588. The fourth-order valence-corrected chi connectivity index (χ4v) is 6.37. The molecular weight excluding hydrogens is 485 g/mol. The second-order valence-corrected chi connectivity index (χ2v) is 11.1. The SMILES string of the molecule is CCC(C(=O)NC1CCCCC1)N(Cc1ccc(F)cc1)C(=O)CN1C(=O)c2ccccc2S1(=O)=O. The van der Waals surface area contributed by atoms with E-state index >= 15 is 0 Å². The normalized spacial score (nSPS) is 17.9. The van der Waals surface area contributed by atoms with Gasteiger partial charge in [0.05, 0.1) is 5.56 Å². The second kappa shape index (κ2) is 10.8. The van der Waals surface area contributed by atoms with Crippen molar-refractivity contribution in [3.63, 3.8) is 0 Å². The van der Waals surface area contributed by atoms with Crippen LogP contribution in [0.1, 0.15) is 61.4 Å². The Morgan fingerprint density at radius 3 is 2.39 bits per heavy atom. The summed E-state index contributed by atoms with van der Waals surface area (Å²) in [7, 11) is -4.19. The average Bonchev–Trinajstić information content (AvgIpc) is 3.06. The van der Waals surface area contributed by atoms with E-state index in [4.69, 9.17) is 0 Å². The van der Waals surface area contributed by atoms with Crippen molar-refractivity contribution in [3.8, 4) is 0 Å². The number of hydrogen-bond donors (Lipinski definition) is 1. The van der Waals surface area contributed by atoms with Gasteiger partial charge in [-0.1, -0.05) is 50.5 Å². The molecule has 1 saturated carbocycles. The van der Waals surface area contributed by atoms with Gasteiger partial charge < -0.3 is 10.2 Å². The molecule has 1 aliphatic carbocycles. The number of sulfonamides is 1. The van der Waals surface area contributed by atoms with Crippen LogP contribution < -0.4 is 5.32 Å². The zero-order chi connectivity index (χ0) is 25.9. The Kier molecular flexibility index (Phi) is 7.73. The van der Waals surface area contributed by atoms with Crippen LogP contribution in [0.3, 0.4) is 0 Å². The summed E-state index contributed by atoms with van der Waals surface area (Å²) >= 11 is 0. The third kappa shape index (κ3) is 5.28. The van der Waals surface area contributed by atoms with Crippen molar-refractivity contribution in [2.75, 3.05) is 6.54 Å². The van der Waals surface area contributed by atoms with E-state index in [1.165, 1.54) is 47.4 Å². The third-order valence-corrected chi connectivity index (χ3v) is 8.58. The van der Waals surface area contributed by atoms with Crippen LogP contribution >= 0.6 is 0 Å². The molecule has 8 nitrogen and oxygen atoms in total. The molecule has 1 fully saturated rings. The summed E-state index contributed by atoms with van der Waals surface area (Å²) in [5.74, 6) is -2.22. The van der Waals surface area contributed by atoms with Crippen LogP contribution in [-0.2, 0) is 26.2 Å². The fourth-order valence-electron chi connectivity index (χ4n) is 4.85. The summed E-state index contributed by atoms with van der Waals surface area (Å²) in [6.45, 7) is 0.999. The Labute approximate surface area is 210 Å². The number of benzene rings is 2. The first-order valence-corrected chi connectivity index (χ1v) is 13.7. The molecule has 0 aromatic heterocycles. The number of nitrogens with zero attached hydrogens (tertiary/aromatic N) is 2. The minimum Gasteiger partial charge on any atom is -0.352 e. The zero-order valence-corrected chi connectivity index (χ0v) is 21.0. The van der Waals surface area contributed by atoms with Gasteiger partial charge in [-0.15, -0.1) is 0 Å². The Morgan fingerprint density at radius 2 is 1.75 bits per heavy atom. The molecule has 0 saturated heterocycles. The molecular formula is C26H30FN3O5S. The van der Waals surface area contributed by atoms with Gasteiger partial charge in [-0.25, -0.2) is 17.1 Å². The lowest BCUT2D eigenvalue weighted by molar-refractivity contribution is -0.141. The Morgan fingerprint density at radius 1 is 1.08 bits per heavy atom. The lowest BCUT2D eigenvalue weighted by Gasteiger charge is -2.33. The number of rotatable bonds is 8. The van der Waals surface area contributed by atoms with E-state index in [9.17, 15) is 27.2 Å². The maximum Gasteiger partial charge on any atom is 0.269 e. The highest BCUT2D eigenvalue weighted by molar-refractivity contribution is 7.90. The quantitative estimate of drug-likeness (QED) is 0.581. The van der Waals surface area contributed by atoms with Crippen LogP contribution in [0.15, 0.2) is 53.4 Å². The van der Waals surface area contributed by atoms with Gasteiger partial charge >= 0.3 is 0 Å². The average molecular weight is 516 g/mol. The van der Waals surface area contributed by atoms with Gasteiger partial charge in [-0.2, -0.15) is 0 Å². The van der Waals surface area contributed by atoms with Crippen LogP contribution in [0, 0.1) is 5.82 Å². The lowest BCUT2D eigenvalue weighted by atomic mass is 9.95. The van der Waals surface area contributed by atoms with Crippen molar-refractivity contribution >= 4 is 27.7 Å². The number of amides is 3. The predicted octanol–water partition coefficient (Wildman–Crippen LogP) is 3.23. The molecule has 2 aromatic carbocycles. The van der Waals surface area contributed by atoms with Gasteiger partial charge in [0.2, 0.25) is 11.8 Å². The number of carbonyl (C=O) groups excluding carboxylic acids is 3. The summed E-state index contributed by atoms with van der Waals surface area (Å²) < 4.78 is 40.0. The number of hydrogen-bond acceptors (Lipinski definition) is 5. The highest BCUT2D eigenvalue weighted by Crippen LogP contribution is 2.30. The van der Waals surface area contributed by atoms with Gasteiger partial charge in [-0.3, -0.25) is 14.4 Å². The first-order valence-electron chi connectivity index (χ1n) is 12.2. The minimum atomic E-state index is -4.19. The number of nitrogens with one attached hydrogen (secondary N) is 1. The molecule has 1 heterocycles. The topological polar surface area (TPSA) is 104 Å². The standard InChI is InChI=1S/C26H30FN3O5S/c1-2-22(25(32)28-20-8-4-3-5-9-20)29(16-18-12-14-19(27)15-13-18)24(31)17-30-26(33)21-10-6-7-11-23(21)36(30,34)35/h6-7,10-15,20,22H,2-5,8-9,16-17H2,1H3,(H,28,32). The molecule has 10 heteroatoms. The summed E-state index contributed by atoms with van der Waals surface area (Å²) in [6, 6.07) is 10.5. The maximum absolute atomic E-state index is 13.6. The molecule has 4 rings (SSSR count). The molecule has 0 bridgehead atoms. The van der Waals surface area contributed by atoms with Crippen LogP contribution in [0.5, 0.6) is 0 Å². The summed E-state index contributed by atoms with van der Waals surface area (Å²) in [6.07, 6.45) is 5.19. The molecule has 0 spiro atoms. The summed E-state index contributed by atoms with van der Waals surface area (Å²) in [4.78, 5) is 40.8. The van der Waals surface area contributed by atoms with Crippen molar-refractivity contribution in [1.29, 1.82) is 0 Å². The smallest absolute Gasteiger partial charge is 0.269 e. The molecule has 2 aliphatic rings. The number of carbonyl (C=O) groups is 3. The van der Waals surface area contributed by atoms with E-state index in [2.05, 4.69) is 5.32 Å². The molecule has 1 atom stereocenters. The Bertz CT molecular complexity index is 1240. The molecule has 2 aromatic rings. The Balaban J connectivity index is 1.60. The number of halogens is 1. The van der Waals surface area contributed by atoms with Crippen LogP contribution in [-0.4, -0.2) is 54.0 Å². The van der Waals surface area contributed by atoms with Crippen LogP contribution in [0.25, 0.3) is 0 Å². The highest BCUT2D eigenvalue weighted by Gasteiger charge is 2.43. The van der Waals surface area contributed by atoms with Crippen molar-refractivity contribution < 1.29 is 27.2 Å². The van der Waals surface area contributed by atoms with Gasteiger partial charge in [0.15, 0.2) is 0 Å². The fraction of sp³-hybridized carbons (Fsp3) is 0.423. The predicted molar refractivity (Wildman–Crippen MR) is 131 cm³/mol.